The van der Waals surface area contributed by atoms with Gasteiger partial charge in [-0.15, -0.1) is 0 Å². The van der Waals surface area contributed by atoms with Gasteiger partial charge in [0, 0.05) is 61.7 Å². The average molecular weight is 1130 g/mol. The van der Waals surface area contributed by atoms with Gasteiger partial charge in [-0.2, -0.15) is 0 Å². The normalized spacial score (nSPS) is 17.0. The Morgan fingerprint density at radius 3 is 1.10 bits per heavy atom. The van der Waals surface area contributed by atoms with Crippen LogP contribution in [0.25, 0.3) is 77.2 Å². The molecule has 88 heavy (non-hydrogen) atoms. The summed E-state index contributed by atoms with van der Waals surface area (Å²) in [4.78, 5) is 5.12. The highest BCUT2D eigenvalue weighted by Gasteiger charge is 2.44. The van der Waals surface area contributed by atoms with Crippen LogP contribution >= 0.6 is 0 Å². The molecule has 12 aromatic rings. The first-order chi connectivity index (χ1) is 42.7. The van der Waals surface area contributed by atoms with E-state index < -0.39 is 0 Å². The fraction of sp³-hybridized carbons (Fsp3) is 0.163. The van der Waals surface area contributed by atoms with Crippen LogP contribution in [-0.2, 0) is 21.7 Å². The summed E-state index contributed by atoms with van der Waals surface area (Å²) in [6.07, 6.45) is 6.01. The third-order valence-corrected chi connectivity index (χ3v) is 21.4. The van der Waals surface area contributed by atoms with Crippen LogP contribution in [-0.4, -0.2) is 0 Å². The van der Waals surface area contributed by atoms with Gasteiger partial charge in [-0.3, -0.25) is 0 Å². The minimum Gasteiger partial charge on any atom is -0.311 e. The first-order valence-corrected chi connectivity index (χ1v) is 31.7. The van der Waals surface area contributed by atoms with Gasteiger partial charge in [0.2, 0.25) is 0 Å². The van der Waals surface area contributed by atoms with E-state index in [0.717, 1.165) is 29.2 Å². The molecule has 12 aromatic carbocycles. The number of rotatable bonds is 8. The Balaban J connectivity index is 0.905. The lowest BCUT2D eigenvalue weighted by molar-refractivity contribution is 0.609. The number of benzene rings is 12. The topological polar surface area (TPSA) is 6.48 Å². The highest BCUT2D eigenvalue weighted by molar-refractivity contribution is 6.22. The summed E-state index contributed by atoms with van der Waals surface area (Å²) >= 11 is 0. The van der Waals surface area contributed by atoms with Gasteiger partial charge in [-0.1, -0.05) is 255 Å². The smallest absolute Gasteiger partial charge is 0.0468 e. The van der Waals surface area contributed by atoms with E-state index in [1.54, 1.807) is 0 Å². The number of hydrogen-bond acceptors (Lipinski definition) is 2. The van der Waals surface area contributed by atoms with Gasteiger partial charge in [-0.05, 0) is 195 Å². The Morgan fingerprint density at radius 1 is 0.295 bits per heavy atom. The predicted molar refractivity (Wildman–Crippen MR) is 371 cm³/mol. The summed E-state index contributed by atoms with van der Waals surface area (Å²) in [7, 11) is 0. The molecule has 5 aliphatic rings. The third kappa shape index (κ3) is 7.48. The Morgan fingerprint density at radius 2 is 0.648 bits per heavy atom. The number of allylic oxidation sites excluding steroid dienone is 3. The van der Waals surface area contributed by atoms with Crippen LogP contribution in [0.2, 0.25) is 0 Å². The van der Waals surface area contributed by atoms with E-state index in [0.29, 0.717) is 5.92 Å². The minimum absolute atomic E-state index is 0.109. The molecule has 1 atom stereocenters. The zero-order valence-corrected chi connectivity index (χ0v) is 51.5. The largest absolute Gasteiger partial charge is 0.311 e. The summed E-state index contributed by atoms with van der Waals surface area (Å²) in [5, 5.41) is 4.86. The molecular weight excluding hydrogens is 1060 g/mol. The van der Waals surface area contributed by atoms with E-state index in [-0.39, 0.29) is 21.7 Å². The highest BCUT2D eigenvalue weighted by Crippen LogP contribution is 2.58. The first kappa shape index (κ1) is 52.6. The van der Waals surface area contributed by atoms with Crippen LogP contribution < -0.4 is 9.80 Å². The van der Waals surface area contributed by atoms with E-state index in [9.17, 15) is 0 Å². The quantitative estimate of drug-likeness (QED) is 0.140. The van der Waals surface area contributed by atoms with Gasteiger partial charge in [0.05, 0.1) is 0 Å². The van der Waals surface area contributed by atoms with Gasteiger partial charge in [0.1, 0.15) is 0 Å². The molecular formula is C86H70N2. The maximum atomic E-state index is 2.58. The Bertz CT molecular complexity index is 4900. The molecule has 2 heteroatoms. The van der Waals surface area contributed by atoms with Crippen LogP contribution in [0.4, 0.5) is 28.4 Å². The molecule has 0 bridgehead atoms. The molecule has 17 rings (SSSR count). The van der Waals surface area contributed by atoms with Crippen molar-refractivity contribution < 1.29 is 0 Å². The fourth-order valence-electron chi connectivity index (χ4n) is 17.0. The Labute approximate surface area is 518 Å². The zero-order chi connectivity index (χ0) is 59.6. The van der Waals surface area contributed by atoms with Gasteiger partial charge in [0.15, 0.2) is 0 Å². The molecule has 0 saturated carbocycles. The molecule has 5 aliphatic carbocycles. The lowest BCUT2D eigenvalue weighted by Crippen LogP contribution is -2.23. The number of anilines is 5. The molecule has 0 saturated heterocycles. The van der Waals surface area contributed by atoms with Crippen LogP contribution in [0.15, 0.2) is 272 Å². The van der Waals surface area contributed by atoms with E-state index in [4.69, 9.17) is 0 Å². The summed E-state index contributed by atoms with van der Waals surface area (Å²) in [6.45, 7) is 19.2. The van der Waals surface area contributed by atoms with Crippen LogP contribution in [0.5, 0.6) is 0 Å². The van der Waals surface area contributed by atoms with Gasteiger partial charge >= 0.3 is 0 Å². The molecule has 0 aromatic heterocycles. The third-order valence-electron chi connectivity index (χ3n) is 21.4. The van der Waals surface area contributed by atoms with Crippen LogP contribution in [0.3, 0.4) is 0 Å². The second-order valence-corrected chi connectivity index (χ2v) is 27.5. The number of nitrogens with zero attached hydrogens (tertiary/aromatic N) is 2. The molecule has 0 fully saturated rings. The predicted octanol–water partition coefficient (Wildman–Crippen LogP) is 23.1. The SMILES string of the molecule is CC1(C)C2=CC(N(c3ccc4c(c3)C(C)(C)c3ccccc3-4)c3ccc4c(-c5ccccc5)c5cc(N(c6ccc7c(c6)C(C)(C)c6ccccc6-7)c6ccc7c(c6)C(C)(C)c6ccccc6-7)ccc5c(-c5ccccc5)c4c3)=CCC2c2ccccc21. The van der Waals surface area contributed by atoms with Crippen molar-refractivity contribution in [2.45, 2.75) is 89.4 Å². The van der Waals surface area contributed by atoms with E-state index >= 15 is 0 Å². The van der Waals surface area contributed by atoms with Crippen LogP contribution in [0, 0.1) is 0 Å². The molecule has 0 amide bonds. The minimum atomic E-state index is -0.175. The molecule has 424 valence electrons. The van der Waals surface area contributed by atoms with Crippen molar-refractivity contribution in [1.29, 1.82) is 0 Å². The lowest BCUT2D eigenvalue weighted by Gasteiger charge is -2.34. The summed E-state index contributed by atoms with van der Waals surface area (Å²) < 4.78 is 0. The number of hydrogen-bond donors (Lipinski definition) is 0. The van der Waals surface area contributed by atoms with Crippen molar-refractivity contribution >= 4 is 50.0 Å². The average Bonchev–Trinajstić information content (AvgIpc) is 1.24. The van der Waals surface area contributed by atoms with Crippen LogP contribution in [0.1, 0.15) is 112 Å². The maximum absolute atomic E-state index is 2.58. The fourth-order valence-corrected chi connectivity index (χ4v) is 17.0. The molecule has 0 N–H and O–H groups in total. The molecule has 0 heterocycles. The second-order valence-electron chi connectivity index (χ2n) is 27.5. The first-order valence-electron chi connectivity index (χ1n) is 31.7. The van der Waals surface area contributed by atoms with Gasteiger partial charge in [0.25, 0.3) is 0 Å². The van der Waals surface area contributed by atoms with Crippen molar-refractivity contribution in [1.82, 2.24) is 0 Å². The van der Waals surface area contributed by atoms with E-state index in [1.165, 1.54) is 139 Å². The zero-order valence-electron chi connectivity index (χ0n) is 51.5. The molecule has 2 nitrogen and oxygen atoms in total. The van der Waals surface area contributed by atoms with Crippen molar-refractivity contribution in [3.63, 3.8) is 0 Å². The molecule has 0 spiro atoms. The van der Waals surface area contributed by atoms with Crippen molar-refractivity contribution in [2.24, 2.45) is 0 Å². The Hall–Kier alpha value is -9.76. The summed E-state index contributed by atoms with van der Waals surface area (Å²) in [5.74, 6) is 0.352. The lowest BCUT2D eigenvalue weighted by atomic mass is 9.78. The maximum Gasteiger partial charge on any atom is 0.0468 e. The molecule has 0 aliphatic heterocycles. The Kier molecular flexibility index (Phi) is 11.3. The van der Waals surface area contributed by atoms with Gasteiger partial charge in [-0.25, -0.2) is 0 Å². The molecule has 0 radical (unpaired) electrons. The van der Waals surface area contributed by atoms with E-state index in [1.807, 2.05) is 0 Å². The standard InChI is InChI=1S/C86H70N2/c1-83(2)73-31-19-15-27-61(73)65-41-35-57(49-77(65)83)87(58-36-42-66-62-28-16-20-32-74(62)84(3,4)78(66)50-58)55-39-45-69-71(47-55)81(53-23-11-9-12-24-53)70-46-40-56(48-72(70)82(69)54-25-13-10-14-26-54)88(59-37-43-67-63-29-17-21-33-75(63)85(5,6)79(67)51-59)60-38-44-68-64-30-18-22-34-76(64)86(7,8)80(68)52-60/h9-43,45-52,68H,44H2,1-8H3. The van der Waals surface area contributed by atoms with E-state index in [2.05, 4.69) is 326 Å². The van der Waals surface area contributed by atoms with Crippen molar-refractivity contribution in [3.8, 4) is 55.6 Å². The van der Waals surface area contributed by atoms with Gasteiger partial charge < -0.3 is 9.80 Å². The monoisotopic (exact) mass is 1130 g/mol. The number of fused-ring (bicyclic) bond motifs is 14. The van der Waals surface area contributed by atoms with Crippen molar-refractivity contribution in [3.05, 3.63) is 317 Å². The summed E-state index contributed by atoms with van der Waals surface area (Å²) in [6, 6.07) is 94.9. The highest BCUT2D eigenvalue weighted by atomic mass is 15.2. The summed E-state index contributed by atoms with van der Waals surface area (Å²) in [5.41, 5.74) is 31.7. The molecule has 1 unspecified atom stereocenters. The second kappa shape index (κ2) is 18.9. The van der Waals surface area contributed by atoms with Crippen molar-refractivity contribution in [2.75, 3.05) is 9.80 Å².